The molecule has 2 atom stereocenters. The summed E-state index contributed by atoms with van der Waals surface area (Å²) < 4.78 is 0. The van der Waals surface area contributed by atoms with E-state index in [2.05, 4.69) is 19.9 Å². The minimum atomic E-state index is 0.144. The van der Waals surface area contributed by atoms with Gasteiger partial charge in [0.1, 0.15) is 0 Å². The molecular formula is C18H25N3O. The number of likely N-dealkylation sites (tertiary alicyclic amines) is 1. The van der Waals surface area contributed by atoms with E-state index >= 15 is 0 Å². The fraction of sp³-hybridized carbons (Fsp3) is 0.556. The van der Waals surface area contributed by atoms with Crippen molar-refractivity contribution in [1.29, 1.82) is 5.26 Å². The lowest BCUT2D eigenvalue weighted by atomic mass is 9.97. The van der Waals surface area contributed by atoms with Crippen molar-refractivity contribution < 1.29 is 4.79 Å². The van der Waals surface area contributed by atoms with Gasteiger partial charge >= 0.3 is 0 Å². The van der Waals surface area contributed by atoms with Gasteiger partial charge in [0.25, 0.3) is 0 Å². The summed E-state index contributed by atoms with van der Waals surface area (Å²) in [4.78, 5) is 16.6. The molecule has 0 saturated carbocycles. The van der Waals surface area contributed by atoms with E-state index in [4.69, 9.17) is 5.26 Å². The van der Waals surface area contributed by atoms with Crippen molar-refractivity contribution in [3.63, 3.8) is 0 Å². The summed E-state index contributed by atoms with van der Waals surface area (Å²) in [6.45, 7) is 5.48. The molecule has 0 aliphatic carbocycles. The number of nitrogens with zero attached hydrogens (tertiary/aromatic N) is 3. The lowest BCUT2D eigenvalue weighted by Crippen LogP contribution is -2.51. The Labute approximate surface area is 133 Å². The molecule has 4 heteroatoms. The molecule has 0 bridgehead atoms. The van der Waals surface area contributed by atoms with Crippen molar-refractivity contribution >= 4 is 5.91 Å². The molecule has 0 N–H and O–H groups in total. The molecule has 0 spiro atoms. The lowest BCUT2D eigenvalue weighted by molar-refractivity contribution is -0.138. The Balaban J connectivity index is 2.00. The molecule has 0 aromatic heterocycles. The maximum Gasteiger partial charge on any atom is 0.237 e. The molecule has 1 aromatic carbocycles. The predicted octanol–water partition coefficient (Wildman–Crippen LogP) is 2.80. The summed E-state index contributed by atoms with van der Waals surface area (Å²) in [5, 5.41) is 9.03. The maximum absolute atomic E-state index is 12.7. The lowest BCUT2D eigenvalue weighted by Gasteiger charge is -2.40. The molecule has 118 valence electrons. The summed E-state index contributed by atoms with van der Waals surface area (Å²) in [6.07, 6.45) is 3.35. The molecule has 2 rings (SSSR count). The van der Waals surface area contributed by atoms with Crippen molar-refractivity contribution in [2.75, 3.05) is 13.1 Å². The van der Waals surface area contributed by atoms with Gasteiger partial charge < -0.3 is 4.90 Å². The molecule has 1 aliphatic rings. The topological polar surface area (TPSA) is 47.3 Å². The second kappa shape index (κ2) is 7.95. The highest BCUT2D eigenvalue weighted by Gasteiger charge is 2.29. The number of amides is 1. The minimum Gasteiger partial charge on any atom is -0.336 e. The Morgan fingerprint density at radius 3 is 2.50 bits per heavy atom. The van der Waals surface area contributed by atoms with Crippen LogP contribution in [0.25, 0.3) is 0 Å². The largest absolute Gasteiger partial charge is 0.336 e. The number of hydrogen-bond acceptors (Lipinski definition) is 3. The Morgan fingerprint density at radius 2 is 1.91 bits per heavy atom. The molecule has 4 nitrogen and oxygen atoms in total. The molecule has 1 saturated heterocycles. The van der Waals surface area contributed by atoms with Gasteiger partial charge in [-0.3, -0.25) is 9.69 Å². The van der Waals surface area contributed by atoms with Crippen LogP contribution in [0.15, 0.2) is 30.3 Å². The summed E-state index contributed by atoms with van der Waals surface area (Å²) >= 11 is 0. The molecule has 0 radical (unpaired) electrons. The van der Waals surface area contributed by atoms with Gasteiger partial charge in [-0.1, -0.05) is 30.3 Å². The third-order valence-corrected chi connectivity index (χ3v) is 4.38. The molecule has 1 aliphatic heterocycles. The van der Waals surface area contributed by atoms with Gasteiger partial charge in [-0.25, -0.2) is 0 Å². The minimum absolute atomic E-state index is 0.144. The SMILES string of the molecule is CC1CCCC(C)N1C(=O)CN(CC#N)Cc1ccccc1. The highest BCUT2D eigenvalue weighted by atomic mass is 16.2. The highest BCUT2D eigenvalue weighted by molar-refractivity contribution is 5.79. The van der Waals surface area contributed by atoms with E-state index in [-0.39, 0.29) is 12.5 Å². The Kier molecular flexibility index (Phi) is 5.97. The highest BCUT2D eigenvalue weighted by Crippen LogP contribution is 2.22. The van der Waals surface area contributed by atoms with Crippen LogP contribution in [0, 0.1) is 11.3 Å². The molecule has 1 aromatic rings. The van der Waals surface area contributed by atoms with Gasteiger partial charge in [0.05, 0.1) is 19.2 Å². The molecular weight excluding hydrogens is 274 g/mol. The first-order valence-electron chi connectivity index (χ1n) is 8.06. The van der Waals surface area contributed by atoms with Crippen molar-refractivity contribution in [3.05, 3.63) is 35.9 Å². The smallest absolute Gasteiger partial charge is 0.237 e. The quantitative estimate of drug-likeness (QED) is 0.786. The maximum atomic E-state index is 12.7. The van der Waals surface area contributed by atoms with Crippen LogP contribution in [0.1, 0.15) is 38.7 Å². The van der Waals surface area contributed by atoms with E-state index < -0.39 is 0 Å². The number of carbonyl (C=O) groups is 1. The third-order valence-electron chi connectivity index (χ3n) is 4.38. The number of piperidine rings is 1. The first-order valence-corrected chi connectivity index (χ1v) is 8.06. The van der Waals surface area contributed by atoms with Crippen LogP contribution >= 0.6 is 0 Å². The van der Waals surface area contributed by atoms with E-state index in [1.165, 1.54) is 6.42 Å². The predicted molar refractivity (Wildman–Crippen MR) is 87.0 cm³/mol. The summed E-state index contributed by atoms with van der Waals surface area (Å²) in [5.41, 5.74) is 1.13. The van der Waals surface area contributed by atoms with E-state index in [0.717, 1.165) is 18.4 Å². The Morgan fingerprint density at radius 1 is 1.27 bits per heavy atom. The zero-order valence-corrected chi connectivity index (χ0v) is 13.5. The number of nitriles is 1. The van der Waals surface area contributed by atoms with Crippen LogP contribution in [0.4, 0.5) is 0 Å². The fourth-order valence-electron chi connectivity index (χ4n) is 3.30. The average molecular weight is 299 g/mol. The van der Waals surface area contributed by atoms with E-state index in [1.54, 1.807) is 0 Å². The summed E-state index contributed by atoms with van der Waals surface area (Å²) in [6, 6.07) is 12.8. The van der Waals surface area contributed by atoms with Crippen LogP contribution < -0.4 is 0 Å². The van der Waals surface area contributed by atoms with Gasteiger partial charge in [-0.2, -0.15) is 5.26 Å². The second-order valence-electron chi connectivity index (χ2n) is 6.22. The normalized spacial score (nSPS) is 21.6. The van der Waals surface area contributed by atoms with Crippen LogP contribution in [0.5, 0.6) is 0 Å². The van der Waals surface area contributed by atoms with Crippen LogP contribution in [-0.2, 0) is 11.3 Å². The third kappa shape index (κ3) is 4.32. The van der Waals surface area contributed by atoms with Crippen molar-refractivity contribution in [2.45, 2.75) is 51.7 Å². The first kappa shape index (κ1) is 16.5. The van der Waals surface area contributed by atoms with Gasteiger partial charge in [0.15, 0.2) is 0 Å². The fourth-order valence-corrected chi connectivity index (χ4v) is 3.30. The van der Waals surface area contributed by atoms with Gasteiger partial charge in [-0.15, -0.1) is 0 Å². The zero-order valence-electron chi connectivity index (χ0n) is 13.5. The van der Waals surface area contributed by atoms with Crippen molar-refractivity contribution in [2.24, 2.45) is 0 Å². The summed E-state index contributed by atoms with van der Waals surface area (Å²) in [5.74, 6) is 0.144. The Hall–Kier alpha value is -1.86. The standard InChI is InChI=1S/C18H25N3O/c1-15-7-6-8-16(2)21(15)18(22)14-20(12-11-19)13-17-9-4-3-5-10-17/h3-5,9-10,15-16H,6-8,12-14H2,1-2H3. The molecule has 2 unspecified atom stereocenters. The van der Waals surface area contributed by atoms with E-state index in [1.807, 2.05) is 40.1 Å². The average Bonchev–Trinajstić information content (AvgIpc) is 2.48. The monoisotopic (exact) mass is 299 g/mol. The zero-order chi connectivity index (χ0) is 15.9. The van der Waals surface area contributed by atoms with Crippen LogP contribution in [-0.4, -0.2) is 40.9 Å². The molecule has 1 fully saturated rings. The number of hydrogen-bond donors (Lipinski definition) is 0. The number of rotatable bonds is 5. The van der Waals surface area contributed by atoms with E-state index in [9.17, 15) is 4.79 Å². The number of carbonyl (C=O) groups excluding carboxylic acids is 1. The summed E-state index contributed by atoms with van der Waals surface area (Å²) in [7, 11) is 0. The van der Waals surface area contributed by atoms with E-state index in [0.29, 0.717) is 25.2 Å². The first-order chi connectivity index (χ1) is 10.6. The molecule has 22 heavy (non-hydrogen) atoms. The number of benzene rings is 1. The van der Waals surface area contributed by atoms with Crippen LogP contribution in [0.3, 0.4) is 0 Å². The van der Waals surface area contributed by atoms with Gasteiger partial charge in [-0.05, 0) is 38.7 Å². The van der Waals surface area contributed by atoms with Crippen LogP contribution in [0.2, 0.25) is 0 Å². The van der Waals surface area contributed by atoms with Crippen molar-refractivity contribution in [3.8, 4) is 6.07 Å². The molecule has 1 heterocycles. The molecule has 1 amide bonds. The Bertz CT molecular complexity index is 513. The van der Waals surface area contributed by atoms with Gasteiger partial charge in [0, 0.05) is 18.6 Å². The van der Waals surface area contributed by atoms with Crippen molar-refractivity contribution in [1.82, 2.24) is 9.80 Å². The van der Waals surface area contributed by atoms with Gasteiger partial charge in [0.2, 0.25) is 5.91 Å². The second-order valence-corrected chi connectivity index (χ2v) is 6.22.